The van der Waals surface area contributed by atoms with Crippen LogP contribution in [0.2, 0.25) is 0 Å². The van der Waals surface area contributed by atoms with Gasteiger partial charge in [0, 0.05) is 0 Å². The van der Waals surface area contributed by atoms with Gasteiger partial charge in [0.25, 0.3) is 0 Å². The second kappa shape index (κ2) is 4.14. The van der Waals surface area contributed by atoms with Crippen molar-refractivity contribution < 1.29 is 0 Å². The smallest absolute Gasteiger partial charge is 0.0152 e. The molecule has 0 atom stereocenters. The molecule has 0 saturated carbocycles. The first-order valence-corrected chi connectivity index (χ1v) is 4.95. The van der Waals surface area contributed by atoms with Gasteiger partial charge in [-0.1, -0.05) is 61.2 Å². The number of hydrogen-bond donors (Lipinski definition) is 0. The van der Waals surface area contributed by atoms with Gasteiger partial charge in [-0.2, -0.15) is 0 Å². The average Bonchev–Trinajstić information content (AvgIpc) is 2.30. The predicted molar refractivity (Wildman–Crippen MR) is 65.5 cm³/mol. The van der Waals surface area contributed by atoms with Crippen molar-refractivity contribution in [2.45, 2.75) is 0 Å². The molecule has 2 rings (SSSR count). The van der Waals surface area contributed by atoms with Crippen molar-refractivity contribution in [2.75, 3.05) is 0 Å². The fourth-order valence-electron chi connectivity index (χ4n) is 1.61. The molecule has 2 aromatic rings. The average molecular weight is 193 g/mol. The molecule has 0 saturated heterocycles. The van der Waals surface area contributed by atoms with Crippen molar-refractivity contribution in [1.29, 1.82) is 0 Å². The normalized spacial score (nSPS) is 9.93. The largest absolute Gasteiger partial charge is 0.0905 e. The van der Waals surface area contributed by atoms with E-state index in [1.54, 1.807) is 0 Å². The van der Waals surface area contributed by atoms with E-state index in [1.807, 2.05) is 36.4 Å². The fourth-order valence-corrected chi connectivity index (χ4v) is 1.61. The second-order valence-corrected chi connectivity index (χ2v) is 3.50. The van der Waals surface area contributed by atoms with Crippen molar-refractivity contribution in [2.24, 2.45) is 0 Å². The van der Waals surface area contributed by atoms with Crippen molar-refractivity contribution in [3.8, 4) is 0 Å². The third-order valence-electron chi connectivity index (χ3n) is 2.46. The third-order valence-corrected chi connectivity index (χ3v) is 2.46. The van der Waals surface area contributed by atoms with Crippen LogP contribution in [0.1, 0.15) is 16.7 Å². The zero-order valence-corrected chi connectivity index (χ0v) is 8.61. The van der Waals surface area contributed by atoms with Crippen molar-refractivity contribution in [3.05, 3.63) is 84.8 Å². The minimum absolute atomic E-state index is 1.02. The van der Waals surface area contributed by atoms with Gasteiger partial charge in [-0.05, 0) is 29.2 Å². The predicted octanol–water partition coefficient (Wildman–Crippen LogP) is 3.93. The van der Waals surface area contributed by atoms with Crippen LogP contribution in [0.4, 0.5) is 0 Å². The van der Waals surface area contributed by atoms with Gasteiger partial charge in [0.05, 0.1) is 0 Å². The molecule has 15 heavy (non-hydrogen) atoms. The Balaban J connectivity index is 2.42. The van der Waals surface area contributed by atoms with Crippen LogP contribution < -0.4 is 0 Å². The van der Waals surface area contributed by atoms with Crippen LogP contribution in [-0.2, 0) is 0 Å². The van der Waals surface area contributed by atoms with Crippen LogP contribution in [-0.4, -0.2) is 0 Å². The van der Waals surface area contributed by atoms with Crippen LogP contribution in [0.3, 0.4) is 0 Å². The lowest BCUT2D eigenvalue weighted by molar-refractivity contribution is 1.51. The molecule has 0 unspecified atom stereocenters. The third kappa shape index (κ3) is 1.99. The van der Waals surface area contributed by atoms with Crippen molar-refractivity contribution >= 4 is 5.57 Å². The molecule has 0 heteroatoms. The van der Waals surface area contributed by atoms with Crippen LogP contribution in [0.5, 0.6) is 0 Å². The SMILES string of the molecule is [CH2]c1ccccc1C(=C)c1ccccc1. The van der Waals surface area contributed by atoms with Crippen LogP contribution >= 0.6 is 0 Å². The lowest BCUT2D eigenvalue weighted by atomic mass is 9.96. The second-order valence-electron chi connectivity index (χ2n) is 3.50. The van der Waals surface area contributed by atoms with E-state index >= 15 is 0 Å². The zero-order valence-electron chi connectivity index (χ0n) is 8.61. The summed E-state index contributed by atoms with van der Waals surface area (Å²) in [5.74, 6) is 0. The maximum absolute atomic E-state index is 4.12. The summed E-state index contributed by atoms with van der Waals surface area (Å²) in [5.41, 5.74) is 4.31. The van der Waals surface area contributed by atoms with Crippen LogP contribution in [0.25, 0.3) is 5.57 Å². The Morgan fingerprint density at radius 3 is 2.07 bits per heavy atom. The molecule has 73 valence electrons. The Labute approximate surface area is 90.9 Å². The van der Waals surface area contributed by atoms with E-state index in [0.717, 1.165) is 22.3 Å². The van der Waals surface area contributed by atoms with Gasteiger partial charge in [0.15, 0.2) is 0 Å². The fraction of sp³-hybridized carbons (Fsp3) is 0. The zero-order chi connectivity index (χ0) is 10.7. The van der Waals surface area contributed by atoms with E-state index in [1.165, 1.54) is 0 Å². The highest BCUT2D eigenvalue weighted by Crippen LogP contribution is 2.23. The highest BCUT2D eigenvalue weighted by Gasteiger charge is 2.03. The molecule has 0 spiro atoms. The monoisotopic (exact) mass is 193 g/mol. The van der Waals surface area contributed by atoms with E-state index in [0.29, 0.717) is 0 Å². The van der Waals surface area contributed by atoms with E-state index < -0.39 is 0 Å². The van der Waals surface area contributed by atoms with Gasteiger partial charge in [0.2, 0.25) is 0 Å². The molecular formula is C15H13. The molecular weight excluding hydrogens is 180 g/mol. The summed E-state index contributed by atoms with van der Waals surface area (Å²) in [6.07, 6.45) is 0. The summed E-state index contributed by atoms with van der Waals surface area (Å²) < 4.78 is 0. The Morgan fingerprint density at radius 1 is 0.800 bits per heavy atom. The summed E-state index contributed by atoms with van der Waals surface area (Å²) in [7, 11) is 0. The summed E-state index contributed by atoms with van der Waals surface area (Å²) in [5, 5.41) is 0. The summed E-state index contributed by atoms with van der Waals surface area (Å²) >= 11 is 0. The molecule has 0 heterocycles. The quantitative estimate of drug-likeness (QED) is 0.678. The molecule has 2 aromatic carbocycles. The molecule has 0 nitrogen and oxygen atoms in total. The molecule has 0 amide bonds. The lowest BCUT2D eigenvalue weighted by Gasteiger charge is -2.08. The summed E-state index contributed by atoms with van der Waals surface area (Å²) in [6.45, 7) is 8.12. The topological polar surface area (TPSA) is 0 Å². The molecule has 1 radical (unpaired) electrons. The number of benzene rings is 2. The van der Waals surface area contributed by atoms with Gasteiger partial charge in [-0.15, -0.1) is 0 Å². The first kappa shape index (κ1) is 9.72. The minimum atomic E-state index is 1.02. The molecule has 0 aliphatic rings. The van der Waals surface area contributed by atoms with Gasteiger partial charge in [-0.25, -0.2) is 0 Å². The minimum Gasteiger partial charge on any atom is -0.0905 e. The van der Waals surface area contributed by atoms with E-state index in [2.05, 4.69) is 31.7 Å². The molecule has 0 N–H and O–H groups in total. The lowest BCUT2D eigenvalue weighted by Crippen LogP contribution is -1.88. The molecule has 0 bridgehead atoms. The van der Waals surface area contributed by atoms with Gasteiger partial charge >= 0.3 is 0 Å². The molecule has 0 aromatic heterocycles. The summed E-state index contributed by atoms with van der Waals surface area (Å²) in [6, 6.07) is 18.2. The standard InChI is InChI=1S/C15H13/c1-12-8-6-7-11-15(12)13(2)14-9-4-3-5-10-14/h3-11H,1-2H2. The van der Waals surface area contributed by atoms with E-state index in [4.69, 9.17) is 0 Å². The number of rotatable bonds is 2. The Kier molecular flexibility index (Phi) is 2.68. The first-order valence-electron chi connectivity index (χ1n) is 4.95. The van der Waals surface area contributed by atoms with Gasteiger partial charge in [-0.3, -0.25) is 0 Å². The summed E-state index contributed by atoms with van der Waals surface area (Å²) in [4.78, 5) is 0. The van der Waals surface area contributed by atoms with Crippen molar-refractivity contribution in [3.63, 3.8) is 0 Å². The van der Waals surface area contributed by atoms with Gasteiger partial charge < -0.3 is 0 Å². The Morgan fingerprint density at radius 2 is 1.40 bits per heavy atom. The molecule has 0 aliphatic heterocycles. The molecule has 0 aliphatic carbocycles. The first-order chi connectivity index (χ1) is 7.29. The Bertz CT molecular complexity index is 466. The van der Waals surface area contributed by atoms with E-state index in [9.17, 15) is 0 Å². The number of hydrogen-bond acceptors (Lipinski definition) is 0. The van der Waals surface area contributed by atoms with Gasteiger partial charge in [0.1, 0.15) is 0 Å². The van der Waals surface area contributed by atoms with Crippen LogP contribution in [0, 0.1) is 6.92 Å². The Hall–Kier alpha value is -1.82. The van der Waals surface area contributed by atoms with Crippen LogP contribution in [0.15, 0.2) is 61.2 Å². The maximum Gasteiger partial charge on any atom is -0.0152 e. The highest BCUT2D eigenvalue weighted by molar-refractivity contribution is 5.79. The van der Waals surface area contributed by atoms with E-state index in [-0.39, 0.29) is 0 Å². The maximum atomic E-state index is 4.12. The van der Waals surface area contributed by atoms with Crippen molar-refractivity contribution in [1.82, 2.24) is 0 Å². The highest BCUT2D eigenvalue weighted by atomic mass is 14.1. The molecule has 0 fully saturated rings.